The van der Waals surface area contributed by atoms with Gasteiger partial charge in [-0.05, 0) is 31.0 Å². The Hall–Kier alpha value is -1.46. The van der Waals surface area contributed by atoms with Crippen LogP contribution < -0.4 is 0 Å². The number of rotatable bonds is 4. The summed E-state index contributed by atoms with van der Waals surface area (Å²) in [5.74, 6) is -1.54. The molecule has 18 heavy (non-hydrogen) atoms. The van der Waals surface area contributed by atoms with Crippen molar-refractivity contribution < 1.29 is 9.90 Å². The third kappa shape index (κ3) is 3.05. The van der Waals surface area contributed by atoms with Crippen LogP contribution in [-0.4, -0.2) is 21.3 Å². The molecule has 0 amide bonds. The van der Waals surface area contributed by atoms with Gasteiger partial charge in [-0.1, -0.05) is 23.7 Å². The van der Waals surface area contributed by atoms with Crippen molar-refractivity contribution in [3.63, 3.8) is 0 Å². The lowest BCUT2D eigenvalue weighted by atomic mass is 10.0. The van der Waals surface area contributed by atoms with Gasteiger partial charge in [0.05, 0.1) is 0 Å². The van der Waals surface area contributed by atoms with E-state index in [-0.39, 0.29) is 0 Å². The van der Waals surface area contributed by atoms with Crippen LogP contribution in [-0.2, 0) is 11.2 Å². The number of carbonyl (C=O) groups is 1. The largest absolute Gasteiger partial charge is 0.481 e. The van der Waals surface area contributed by atoms with E-state index in [4.69, 9.17) is 11.6 Å². The fourth-order valence-electron chi connectivity index (χ4n) is 1.59. The molecule has 0 bridgehead atoms. The van der Waals surface area contributed by atoms with Crippen LogP contribution in [0.25, 0.3) is 0 Å². The SMILES string of the molecule is Cc1nnc(C(Cc2ccc(Cl)cc2)C(=O)O)s1. The molecular formula is C12H11ClN2O2S. The van der Waals surface area contributed by atoms with Crippen molar-refractivity contribution in [1.82, 2.24) is 10.2 Å². The quantitative estimate of drug-likeness (QED) is 0.936. The minimum atomic E-state index is -0.888. The van der Waals surface area contributed by atoms with Crippen molar-refractivity contribution in [2.75, 3.05) is 0 Å². The Morgan fingerprint density at radius 3 is 2.56 bits per heavy atom. The number of aryl methyl sites for hydroxylation is 1. The molecule has 0 saturated carbocycles. The molecule has 0 aliphatic rings. The summed E-state index contributed by atoms with van der Waals surface area (Å²) < 4.78 is 0. The second-order valence-corrected chi connectivity index (χ2v) is 5.53. The van der Waals surface area contributed by atoms with Crippen molar-refractivity contribution in [3.8, 4) is 0 Å². The van der Waals surface area contributed by atoms with Crippen molar-refractivity contribution in [1.29, 1.82) is 0 Å². The topological polar surface area (TPSA) is 63.1 Å². The highest BCUT2D eigenvalue weighted by atomic mass is 35.5. The Morgan fingerprint density at radius 1 is 1.39 bits per heavy atom. The molecule has 0 fully saturated rings. The summed E-state index contributed by atoms with van der Waals surface area (Å²) in [4.78, 5) is 11.3. The number of hydrogen-bond donors (Lipinski definition) is 1. The molecule has 6 heteroatoms. The summed E-state index contributed by atoms with van der Waals surface area (Å²) in [6.07, 6.45) is 0.390. The molecule has 1 unspecified atom stereocenters. The average Bonchev–Trinajstić information content (AvgIpc) is 2.74. The van der Waals surface area contributed by atoms with Crippen molar-refractivity contribution in [3.05, 3.63) is 44.9 Å². The maximum Gasteiger partial charge on any atom is 0.313 e. The van der Waals surface area contributed by atoms with Crippen LogP contribution in [0.5, 0.6) is 0 Å². The number of halogens is 1. The highest BCUT2D eigenvalue weighted by molar-refractivity contribution is 7.11. The molecule has 94 valence electrons. The first-order valence-corrected chi connectivity index (χ1v) is 6.53. The first-order valence-electron chi connectivity index (χ1n) is 5.33. The van der Waals surface area contributed by atoms with E-state index in [1.165, 1.54) is 11.3 Å². The van der Waals surface area contributed by atoms with Crippen LogP contribution in [0.15, 0.2) is 24.3 Å². The van der Waals surface area contributed by atoms with Crippen LogP contribution in [0.2, 0.25) is 5.02 Å². The summed E-state index contributed by atoms with van der Waals surface area (Å²) in [6.45, 7) is 1.81. The molecule has 1 aromatic heterocycles. The number of aromatic nitrogens is 2. The Labute approximate surface area is 113 Å². The highest BCUT2D eigenvalue weighted by Gasteiger charge is 2.24. The van der Waals surface area contributed by atoms with Gasteiger partial charge in [0.2, 0.25) is 0 Å². The lowest BCUT2D eigenvalue weighted by Gasteiger charge is -2.08. The third-order valence-electron chi connectivity index (χ3n) is 2.49. The Bertz CT molecular complexity index is 553. The summed E-state index contributed by atoms with van der Waals surface area (Å²) in [7, 11) is 0. The van der Waals surface area contributed by atoms with E-state index in [1.807, 2.05) is 19.1 Å². The van der Waals surface area contributed by atoms with Gasteiger partial charge in [-0.25, -0.2) is 0 Å². The highest BCUT2D eigenvalue weighted by Crippen LogP contribution is 2.24. The van der Waals surface area contributed by atoms with E-state index < -0.39 is 11.9 Å². The molecule has 1 atom stereocenters. The molecule has 1 heterocycles. The maximum absolute atomic E-state index is 11.3. The summed E-state index contributed by atoms with van der Waals surface area (Å²) in [6, 6.07) is 7.15. The molecule has 1 aromatic carbocycles. The van der Waals surface area contributed by atoms with Gasteiger partial charge in [0, 0.05) is 5.02 Å². The lowest BCUT2D eigenvalue weighted by Crippen LogP contribution is -2.14. The fourth-order valence-corrected chi connectivity index (χ4v) is 2.51. The lowest BCUT2D eigenvalue weighted by molar-refractivity contribution is -0.138. The minimum absolute atomic E-state index is 0.390. The predicted octanol–water partition coefficient (Wildman–Crippen LogP) is 2.91. The van der Waals surface area contributed by atoms with Gasteiger partial charge in [0.15, 0.2) is 0 Å². The molecule has 2 rings (SSSR count). The molecule has 0 saturated heterocycles. The second kappa shape index (κ2) is 5.46. The van der Waals surface area contributed by atoms with Gasteiger partial charge in [0.25, 0.3) is 0 Å². The zero-order valence-electron chi connectivity index (χ0n) is 9.63. The molecule has 0 radical (unpaired) electrons. The summed E-state index contributed by atoms with van der Waals surface area (Å²) in [5, 5.41) is 19.0. The average molecular weight is 283 g/mol. The molecule has 1 N–H and O–H groups in total. The van der Waals surface area contributed by atoms with Crippen LogP contribution >= 0.6 is 22.9 Å². The number of carboxylic acid groups (broad SMARTS) is 1. The van der Waals surface area contributed by atoms with Crippen molar-refractivity contribution in [2.45, 2.75) is 19.3 Å². The monoisotopic (exact) mass is 282 g/mol. The first kappa shape index (κ1) is 13.0. The Morgan fingerprint density at radius 2 is 2.06 bits per heavy atom. The smallest absolute Gasteiger partial charge is 0.313 e. The number of carboxylic acids is 1. The van der Waals surface area contributed by atoms with E-state index in [0.29, 0.717) is 16.5 Å². The van der Waals surface area contributed by atoms with Crippen LogP contribution in [0.1, 0.15) is 21.5 Å². The molecule has 4 nitrogen and oxygen atoms in total. The zero-order valence-corrected chi connectivity index (χ0v) is 11.2. The third-order valence-corrected chi connectivity index (χ3v) is 3.70. The predicted molar refractivity (Wildman–Crippen MR) is 70.2 cm³/mol. The van der Waals surface area contributed by atoms with Crippen LogP contribution in [0, 0.1) is 6.92 Å². The van der Waals surface area contributed by atoms with Crippen molar-refractivity contribution >= 4 is 28.9 Å². The normalized spacial score (nSPS) is 12.3. The standard InChI is InChI=1S/C12H11ClN2O2S/c1-7-14-15-11(18-7)10(12(16)17)6-8-2-4-9(13)5-3-8/h2-5,10H,6H2,1H3,(H,16,17). The van der Waals surface area contributed by atoms with Gasteiger partial charge in [-0.2, -0.15) is 0 Å². The van der Waals surface area contributed by atoms with Gasteiger partial charge < -0.3 is 5.11 Å². The number of benzene rings is 1. The second-order valence-electron chi connectivity index (χ2n) is 3.88. The molecule has 0 aliphatic heterocycles. The Kier molecular flexibility index (Phi) is 3.93. The molecule has 2 aromatic rings. The van der Waals surface area contributed by atoms with E-state index in [0.717, 1.165) is 10.6 Å². The van der Waals surface area contributed by atoms with Gasteiger partial charge in [-0.3, -0.25) is 4.79 Å². The van der Waals surface area contributed by atoms with Gasteiger partial charge in [0.1, 0.15) is 15.9 Å². The number of nitrogens with zero attached hydrogens (tertiary/aromatic N) is 2. The van der Waals surface area contributed by atoms with E-state index in [1.54, 1.807) is 12.1 Å². The number of aliphatic carboxylic acids is 1. The maximum atomic E-state index is 11.3. The zero-order chi connectivity index (χ0) is 13.1. The van der Waals surface area contributed by atoms with Gasteiger partial charge >= 0.3 is 5.97 Å². The first-order chi connectivity index (χ1) is 8.56. The number of hydrogen-bond acceptors (Lipinski definition) is 4. The minimum Gasteiger partial charge on any atom is -0.481 e. The van der Waals surface area contributed by atoms with Crippen LogP contribution in [0.4, 0.5) is 0 Å². The summed E-state index contributed by atoms with van der Waals surface area (Å²) in [5.41, 5.74) is 0.916. The van der Waals surface area contributed by atoms with Crippen LogP contribution in [0.3, 0.4) is 0 Å². The fraction of sp³-hybridized carbons (Fsp3) is 0.250. The summed E-state index contributed by atoms with van der Waals surface area (Å²) >= 11 is 7.11. The van der Waals surface area contributed by atoms with Crippen molar-refractivity contribution in [2.24, 2.45) is 0 Å². The van der Waals surface area contributed by atoms with E-state index in [9.17, 15) is 9.90 Å². The molecular weight excluding hydrogens is 272 g/mol. The van der Waals surface area contributed by atoms with E-state index >= 15 is 0 Å². The molecule has 0 spiro atoms. The van der Waals surface area contributed by atoms with Gasteiger partial charge in [-0.15, -0.1) is 21.5 Å². The molecule has 0 aliphatic carbocycles. The van der Waals surface area contributed by atoms with E-state index in [2.05, 4.69) is 10.2 Å². The Balaban J connectivity index is 2.22.